The largest absolute Gasteiger partial charge is 0.359 e. The molecule has 0 aliphatic carbocycles. The van der Waals surface area contributed by atoms with E-state index in [1.807, 2.05) is 31.4 Å². The Morgan fingerprint density at radius 2 is 2.11 bits per heavy atom. The summed E-state index contributed by atoms with van der Waals surface area (Å²) in [7, 11) is 0. The number of carbonyl (C=O) groups is 2. The Bertz CT molecular complexity index is 907. The Morgan fingerprint density at radius 3 is 2.79 bits per heavy atom. The number of hydrogen-bond acceptors (Lipinski definition) is 6. The molecule has 2 amide bonds. The lowest BCUT2D eigenvalue weighted by Gasteiger charge is -2.20. The number of carbonyl (C=O) groups excluding carboxylic acids is 2. The maximum Gasteiger partial charge on any atom is 0.273 e. The fourth-order valence-corrected chi connectivity index (χ4v) is 3.25. The Morgan fingerprint density at radius 1 is 1.25 bits per heavy atom. The molecule has 0 radical (unpaired) electrons. The second kappa shape index (κ2) is 9.27. The van der Waals surface area contributed by atoms with Gasteiger partial charge in [0.2, 0.25) is 0 Å². The minimum atomic E-state index is -0.285. The summed E-state index contributed by atoms with van der Waals surface area (Å²) in [4.78, 5) is 31.8. The fraction of sp³-hybridized carbons (Fsp3) is 0.300. The second-order valence-electron chi connectivity index (χ2n) is 6.76. The van der Waals surface area contributed by atoms with Gasteiger partial charge in [-0.1, -0.05) is 25.1 Å². The molecule has 0 aromatic carbocycles. The van der Waals surface area contributed by atoms with Crippen LogP contribution in [0.1, 0.15) is 45.3 Å². The van der Waals surface area contributed by atoms with Crippen LogP contribution in [0.2, 0.25) is 0 Å². The average Bonchev–Trinajstić information content (AvgIpc) is 3.38. The highest BCUT2D eigenvalue weighted by Gasteiger charge is 2.21. The third kappa shape index (κ3) is 5.26. The molecule has 0 bridgehead atoms. The van der Waals surface area contributed by atoms with Crippen LogP contribution >= 0.6 is 11.3 Å². The molecule has 0 unspecified atom stereocenters. The predicted octanol–water partition coefficient (Wildman–Crippen LogP) is 3.36. The van der Waals surface area contributed by atoms with Gasteiger partial charge in [0, 0.05) is 29.9 Å². The minimum Gasteiger partial charge on any atom is -0.359 e. The molecule has 0 aliphatic heterocycles. The molecule has 3 aromatic heterocycles. The monoisotopic (exact) mass is 398 g/mol. The maximum absolute atomic E-state index is 12.9. The molecule has 0 fully saturated rings. The third-order valence-corrected chi connectivity index (χ3v) is 4.79. The maximum atomic E-state index is 12.9. The fourth-order valence-electron chi connectivity index (χ4n) is 2.53. The van der Waals surface area contributed by atoms with E-state index in [9.17, 15) is 9.59 Å². The summed E-state index contributed by atoms with van der Waals surface area (Å²) in [6.45, 7) is 5.23. The normalized spacial score (nSPS) is 10.8. The van der Waals surface area contributed by atoms with Crippen molar-refractivity contribution in [2.24, 2.45) is 5.92 Å². The van der Waals surface area contributed by atoms with Gasteiger partial charge in [-0.05, 0) is 29.5 Å². The van der Waals surface area contributed by atoms with Crippen molar-refractivity contribution >= 4 is 23.2 Å². The van der Waals surface area contributed by atoms with Gasteiger partial charge in [0.25, 0.3) is 11.8 Å². The smallest absolute Gasteiger partial charge is 0.273 e. The lowest BCUT2D eigenvalue weighted by atomic mass is 10.2. The highest BCUT2D eigenvalue weighted by atomic mass is 32.1. The number of aromatic nitrogens is 2. The standard InChI is InChI=1S/C20H22N4O3S/c1-14(2)10-22-19(25)18-9-16(27-23-18)12-24(13-17-6-4-8-28-17)20(26)15-5-3-7-21-11-15/h3-9,11,14H,10,12-13H2,1-2H3,(H,22,25). The SMILES string of the molecule is CC(C)CNC(=O)c1cc(CN(Cc2cccs2)C(=O)c2cccnc2)on1. The zero-order valence-corrected chi connectivity index (χ0v) is 16.6. The molecule has 0 saturated heterocycles. The van der Waals surface area contributed by atoms with E-state index in [1.54, 1.807) is 40.6 Å². The van der Waals surface area contributed by atoms with Gasteiger partial charge in [-0.3, -0.25) is 14.6 Å². The number of rotatable bonds is 8. The molecular formula is C20H22N4O3S. The van der Waals surface area contributed by atoms with E-state index in [0.29, 0.717) is 30.3 Å². The molecule has 0 atom stereocenters. The van der Waals surface area contributed by atoms with Crippen LogP contribution in [0.5, 0.6) is 0 Å². The van der Waals surface area contributed by atoms with Gasteiger partial charge in [-0.15, -0.1) is 11.3 Å². The quantitative estimate of drug-likeness (QED) is 0.629. The van der Waals surface area contributed by atoms with Crippen LogP contribution in [0.4, 0.5) is 0 Å². The zero-order chi connectivity index (χ0) is 19.9. The number of thiophene rings is 1. The number of amides is 2. The van der Waals surface area contributed by atoms with Crippen LogP contribution in [-0.4, -0.2) is 33.4 Å². The van der Waals surface area contributed by atoms with E-state index >= 15 is 0 Å². The van der Waals surface area contributed by atoms with Gasteiger partial charge >= 0.3 is 0 Å². The van der Waals surface area contributed by atoms with E-state index in [4.69, 9.17) is 4.52 Å². The summed E-state index contributed by atoms with van der Waals surface area (Å²) in [5.74, 6) is 0.341. The molecule has 3 rings (SSSR count). The molecule has 0 saturated carbocycles. The van der Waals surface area contributed by atoms with Crippen molar-refractivity contribution in [1.82, 2.24) is 20.4 Å². The molecule has 3 aromatic rings. The van der Waals surface area contributed by atoms with Gasteiger partial charge in [-0.2, -0.15) is 0 Å². The number of hydrogen-bond donors (Lipinski definition) is 1. The van der Waals surface area contributed by atoms with E-state index in [1.165, 1.54) is 6.20 Å². The molecule has 0 aliphatic rings. The van der Waals surface area contributed by atoms with Crippen molar-refractivity contribution < 1.29 is 14.1 Å². The lowest BCUT2D eigenvalue weighted by molar-refractivity contribution is 0.0714. The van der Waals surface area contributed by atoms with Crippen LogP contribution in [0.15, 0.2) is 52.6 Å². The molecule has 7 nitrogen and oxygen atoms in total. The van der Waals surface area contributed by atoms with Crippen LogP contribution in [0.25, 0.3) is 0 Å². The first kappa shape index (κ1) is 19.8. The van der Waals surface area contributed by atoms with Gasteiger partial charge < -0.3 is 14.7 Å². The Kier molecular flexibility index (Phi) is 6.54. The third-order valence-electron chi connectivity index (χ3n) is 3.93. The van der Waals surface area contributed by atoms with Gasteiger partial charge in [-0.25, -0.2) is 0 Å². The van der Waals surface area contributed by atoms with Crippen LogP contribution in [-0.2, 0) is 13.1 Å². The van der Waals surface area contributed by atoms with Gasteiger partial charge in [0.1, 0.15) is 0 Å². The Hall–Kier alpha value is -3.00. The summed E-state index contributed by atoms with van der Waals surface area (Å²) in [6, 6.07) is 8.94. The summed E-state index contributed by atoms with van der Waals surface area (Å²) in [5, 5.41) is 8.61. The van der Waals surface area contributed by atoms with Crippen molar-refractivity contribution in [1.29, 1.82) is 0 Å². The number of pyridine rings is 1. The minimum absolute atomic E-state index is 0.163. The lowest BCUT2D eigenvalue weighted by Crippen LogP contribution is -2.30. The summed E-state index contributed by atoms with van der Waals surface area (Å²) in [5.41, 5.74) is 0.703. The van der Waals surface area contributed by atoms with Gasteiger partial charge in [0.05, 0.1) is 18.7 Å². The molecule has 1 N–H and O–H groups in total. The first-order chi connectivity index (χ1) is 13.5. The topological polar surface area (TPSA) is 88.3 Å². The van der Waals surface area contributed by atoms with Crippen molar-refractivity contribution in [2.45, 2.75) is 26.9 Å². The number of nitrogens with zero attached hydrogens (tertiary/aromatic N) is 3. The van der Waals surface area contributed by atoms with Crippen molar-refractivity contribution in [3.8, 4) is 0 Å². The molecule has 0 spiro atoms. The molecule has 8 heteroatoms. The van der Waals surface area contributed by atoms with Crippen LogP contribution in [0.3, 0.4) is 0 Å². The van der Waals surface area contributed by atoms with E-state index in [2.05, 4.69) is 15.5 Å². The van der Waals surface area contributed by atoms with Gasteiger partial charge in [0.15, 0.2) is 11.5 Å². The summed E-state index contributed by atoms with van der Waals surface area (Å²) < 4.78 is 5.31. The first-order valence-electron chi connectivity index (χ1n) is 8.98. The molecular weight excluding hydrogens is 376 g/mol. The highest BCUT2D eigenvalue weighted by molar-refractivity contribution is 7.09. The second-order valence-corrected chi connectivity index (χ2v) is 7.80. The van der Waals surface area contributed by atoms with Crippen molar-refractivity contribution in [2.75, 3.05) is 6.54 Å². The summed E-state index contributed by atoms with van der Waals surface area (Å²) in [6.07, 6.45) is 3.16. The van der Waals surface area contributed by atoms with E-state index < -0.39 is 0 Å². The number of nitrogens with one attached hydrogen (secondary N) is 1. The molecule has 146 valence electrons. The van der Waals surface area contributed by atoms with Crippen molar-refractivity contribution in [3.63, 3.8) is 0 Å². The predicted molar refractivity (Wildman–Crippen MR) is 106 cm³/mol. The average molecular weight is 398 g/mol. The first-order valence-corrected chi connectivity index (χ1v) is 9.86. The molecule has 3 heterocycles. The van der Waals surface area contributed by atoms with Crippen LogP contribution < -0.4 is 5.32 Å². The Balaban J connectivity index is 1.74. The highest BCUT2D eigenvalue weighted by Crippen LogP contribution is 2.17. The van der Waals surface area contributed by atoms with Crippen molar-refractivity contribution in [3.05, 3.63) is 70.0 Å². The van der Waals surface area contributed by atoms with E-state index in [0.717, 1.165) is 4.88 Å². The zero-order valence-electron chi connectivity index (χ0n) is 15.8. The van der Waals surface area contributed by atoms with Crippen LogP contribution in [0, 0.1) is 5.92 Å². The van der Waals surface area contributed by atoms with E-state index in [-0.39, 0.29) is 24.1 Å². The Labute approximate surface area is 167 Å². The summed E-state index contributed by atoms with van der Waals surface area (Å²) >= 11 is 1.57. The molecule has 28 heavy (non-hydrogen) atoms.